The molecule has 0 amide bonds. The van der Waals surface area contributed by atoms with Crippen LogP contribution in [0.4, 0.5) is 5.95 Å². The lowest BCUT2D eigenvalue weighted by Gasteiger charge is -2.35. The van der Waals surface area contributed by atoms with Crippen molar-refractivity contribution in [1.29, 1.82) is 0 Å². The number of halogens is 1. The Morgan fingerprint density at radius 1 is 1.31 bits per heavy atom. The maximum absolute atomic E-state index is 5.68. The second-order valence-corrected chi connectivity index (χ2v) is 4.75. The number of ether oxygens (including phenoxy) is 1. The first-order chi connectivity index (χ1) is 7.69. The van der Waals surface area contributed by atoms with Gasteiger partial charge in [0.2, 0.25) is 5.95 Å². The zero-order valence-electron chi connectivity index (χ0n) is 9.56. The lowest BCUT2D eigenvalue weighted by atomic mass is 10.2. The minimum absolute atomic E-state index is 0.239. The summed E-state index contributed by atoms with van der Waals surface area (Å²) in [6.07, 6.45) is 4.20. The molecule has 0 bridgehead atoms. The van der Waals surface area contributed by atoms with Crippen molar-refractivity contribution in [1.82, 2.24) is 9.97 Å². The lowest BCUT2D eigenvalue weighted by Crippen LogP contribution is -2.46. The second-order valence-electron chi connectivity index (χ2n) is 4.19. The van der Waals surface area contributed by atoms with Crippen LogP contribution in [-0.4, -0.2) is 35.3 Å². The van der Waals surface area contributed by atoms with E-state index in [1.807, 2.05) is 12.4 Å². The molecule has 0 radical (unpaired) electrons. The van der Waals surface area contributed by atoms with Crippen molar-refractivity contribution in [3.63, 3.8) is 0 Å². The number of hydrogen-bond donors (Lipinski definition) is 0. The third kappa shape index (κ3) is 2.71. The number of anilines is 1. The zero-order valence-corrected chi connectivity index (χ0v) is 11.1. The molecule has 5 heteroatoms. The number of morpholine rings is 1. The van der Waals surface area contributed by atoms with Gasteiger partial charge in [0.15, 0.2) is 0 Å². The number of alkyl halides is 1. The minimum Gasteiger partial charge on any atom is -0.372 e. The van der Waals surface area contributed by atoms with Gasteiger partial charge in [-0.25, -0.2) is 9.97 Å². The van der Waals surface area contributed by atoms with Gasteiger partial charge in [-0.3, -0.25) is 0 Å². The molecule has 4 nitrogen and oxygen atoms in total. The standard InChI is InChI=1S/C11H16BrN3O/c1-8-6-15(7-9(2)16-8)11-13-4-10(3-12)5-14-11/h4-5,8-9H,3,6-7H2,1-2H3. The normalized spacial score (nSPS) is 25.8. The van der Waals surface area contributed by atoms with Crippen LogP contribution in [0, 0.1) is 0 Å². The van der Waals surface area contributed by atoms with Gasteiger partial charge in [-0.2, -0.15) is 0 Å². The van der Waals surface area contributed by atoms with E-state index in [1.165, 1.54) is 0 Å². The van der Waals surface area contributed by atoms with E-state index in [4.69, 9.17) is 4.74 Å². The van der Waals surface area contributed by atoms with Gasteiger partial charge in [0.25, 0.3) is 0 Å². The van der Waals surface area contributed by atoms with Crippen LogP contribution in [0.15, 0.2) is 12.4 Å². The Kier molecular flexibility index (Phi) is 3.76. The Hall–Kier alpha value is -0.680. The van der Waals surface area contributed by atoms with Crippen LogP contribution in [0.1, 0.15) is 19.4 Å². The molecule has 2 rings (SSSR count). The summed E-state index contributed by atoms with van der Waals surface area (Å²) in [5.74, 6) is 0.798. The first-order valence-corrected chi connectivity index (χ1v) is 6.58. The van der Waals surface area contributed by atoms with E-state index in [2.05, 4.69) is 44.6 Å². The van der Waals surface area contributed by atoms with Crippen LogP contribution in [-0.2, 0) is 10.1 Å². The van der Waals surface area contributed by atoms with E-state index in [-0.39, 0.29) is 12.2 Å². The number of nitrogens with zero attached hydrogens (tertiary/aromatic N) is 3. The van der Waals surface area contributed by atoms with Crippen LogP contribution in [0.5, 0.6) is 0 Å². The van der Waals surface area contributed by atoms with Gasteiger partial charge in [0.1, 0.15) is 0 Å². The summed E-state index contributed by atoms with van der Waals surface area (Å²) in [6, 6.07) is 0. The summed E-state index contributed by atoms with van der Waals surface area (Å²) in [7, 11) is 0. The first kappa shape index (κ1) is 11.8. The summed E-state index contributed by atoms with van der Waals surface area (Å²) in [4.78, 5) is 10.9. The van der Waals surface area contributed by atoms with Gasteiger partial charge >= 0.3 is 0 Å². The van der Waals surface area contributed by atoms with E-state index in [1.54, 1.807) is 0 Å². The average Bonchev–Trinajstić information content (AvgIpc) is 2.28. The smallest absolute Gasteiger partial charge is 0.225 e. The van der Waals surface area contributed by atoms with Gasteiger partial charge in [-0.1, -0.05) is 15.9 Å². The molecule has 0 saturated carbocycles. The van der Waals surface area contributed by atoms with Crippen molar-refractivity contribution in [2.75, 3.05) is 18.0 Å². The molecular weight excluding hydrogens is 270 g/mol. The summed E-state index contributed by atoms with van der Waals surface area (Å²) in [6.45, 7) is 5.88. The highest BCUT2D eigenvalue weighted by molar-refractivity contribution is 9.08. The SMILES string of the molecule is CC1CN(c2ncc(CBr)cn2)CC(C)O1. The summed E-state index contributed by atoms with van der Waals surface area (Å²) < 4.78 is 5.68. The van der Waals surface area contributed by atoms with Crippen LogP contribution in [0.3, 0.4) is 0 Å². The molecule has 1 fully saturated rings. The molecule has 1 aliphatic rings. The molecule has 2 heterocycles. The lowest BCUT2D eigenvalue weighted by molar-refractivity contribution is -0.00572. The number of aromatic nitrogens is 2. The highest BCUT2D eigenvalue weighted by Crippen LogP contribution is 2.16. The van der Waals surface area contributed by atoms with Crippen LogP contribution < -0.4 is 4.90 Å². The molecular formula is C11H16BrN3O. The predicted molar refractivity (Wildman–Crippen MR) is 66.9 cm³/mol. The molecule has 0 N–H and O–H groups in total. The monoisotopic (exact) mass is 285 g/mol. The van der Waals surface area contributed by atoms with Crippen molar-refractivity contribution < 1.29 is 4.74 Å². The molecule has 16 heavy (non-hydrogen) atoms. The molecule has 1 aliphatic heterocycles. The Balaban J connectivity index is 2.10. The van der Waals surface area contributed by atoms with E-state index in [9.17, 15) is 0 Å². The Labute approximate surface area is 104 Å². The Morgan fingerprint density at radius 3 is 2.38 bits per heavy atom. The second kappa shape index (κ2) is 5.10. The number of hydrogen-bond acceptors (Lipinski definition) is 4. The molecule has 88 valence electrons. The van der Waals surface area contributed by atoms with Crippen LogP contribution >= 0.6 is 15.9 Å². The van der Waals surface area contributed by atoms with Gasteiger partial charge in [0.05, 0.1) is 12.2 Å². The number of rotatable bonds is 2. The maximum Gasteiger partial charge on any atom is 0.225 e. The molecule has 2 atom stereocenters. The van der Waals surface area contributed by atoms with E-state index in [0.29, 0.717) is 0 Å². The third-order valence-electron chi connectivity index (χ3n) is 2.55. The molecule has 0 spiro atoms. The molecule has 2 unspecified atom stereocenters. The molecule has 1 aromatic heterocycles. The summed E-state index contributed by atoms with van der Waals surface area (Å²) in [5, 5.41) is 0.795. The van der Waals surface area contributed by atoms with Crippen molar-refractivity contribution in [2.24, 2.45) is 0 Å². The van der Waals surface area contributed by atoms with E-state index in [0.717, 1.165) is 29.9 Å². The van der Waals surface area contributed by atoms with Gasteiger partial charge in [-0.05, 0) is 19.4 Å². The highest BCUT2D eigenvalue weighted by atomic mass is 79.9. The van der Waals surface area contributed by atoms with Crippen molar-refractivity contribution in [3.05, 3.63) is 18.0 Å². The van der Waals surface area contributed by atoms with Crippen LogP contribution in [0.2, 0.25) is 0 Å². The molecule has 0 aromatic carbocycles. The average molecular weight is 286 g/mol. The van der Waals surface area contributed by atoms with Crippen LogP contribution in [0.25, 0.3) is 0 Å². The van der Waals surface area contributed by atoms with Gasteiger partial charge in [-0.15, -0.1) is 0 Å². The van der Waals surface area contributed by atoms with Crippen molar-refractivity contribution in [3.8, 4) is 0 Å². The highest BCUT2D eigenvalue weighted by Gasteiger charge is 2.23. The fourth-order valence-electron chi connectivity index (χ4n) is 1.92. The maximum atomic E-state index is 5.68. The third-order valence-corrected chi connectivity index (χ3v) is 3.20. The quantitative estimate of drug-likeness (QED) is 0.779. The summed E-state index contributed by atoms with van der Waals surface area (Å²) in [5.41, 5.74) is 1.10. The van der Waals surface area contributed by atoms with Crippen molar-refractivity contribution in [2.45, 2.75) is 31.4 Å². The molecule has 0 aliphatic carbocycles. The molecule has 1 aromatic rings. The van der Waals surface area contributed by atoms with Crippen molar-refractivity contribution >= 4 is 21.9 Å². The van der Waals surface area contributed by atoms with E-state index < -0.39 is 0 Å². The topological polar surface area (TPSA) is 38.2 Å². The van der Waals surface area contributed by atoms with Gasteiger partial charge < -0.3 is 9.64 Å². The zero-order chi connectivity index (χ0) is 11.5. The first-order valence-electron chi connectivity index (χ1n) is 5.46. The molecule has 1 saturated heterocycles. The Bertz CT molecular complexity index is 334. The Morgan fingerprint density at radius 2 is 1.88 bits per heavy atom. The fourth-order valence-corrected chi connectivity index (χ4v) is 2.21. The predicted octanol–water partition coefficient (Wildman–Crippen LogP) is 1.99. The summed E-state index contributed by atoms with van der Waals surface area (Å²) >= 11 is 3.38. The van der Waals surface area contributed by atoms with Gasteiger partial charge in [0, 0.05) is 30.8 Å². The fraction of sp³-hybridized carbons (Fsp3) is 0.636. The van der Waals surface area contributed by atoms with E-state index >= 15 is 0 Å². The minimum atomic E-state index is 0.239. The largest absolute Gasteiger partial charge is 0.372 e.